The second-order valence-corrected chi connectivity index (χ2v) is 7.13. The second-order valence-electron chi connectivity index (χ2n) is 7.13. The van der Waals surface area contributed by atoms with Crippen LogP contribution in [0.5, 0.6) is 0 Å². The van der Waals surface area contributed by atoms with Gasteiger partial charge in [0.1, 0.15) is 0 Å². The number of hydrogen-bond acceptors (Lipinski definition) is 3. The van der Waals surface area contributed by atoms with Gasteiger partial charge in [-0.15, -0.1) is 0 Å². The maximum absolute atomic E-state index is 12.2. The third-order valence-corrected chi connectivity index (χ3v) is 4.04. The zero-order valence-corrected chi connectivity index (χ0v) is 13.3. The molecule has 1 fully saturated rings. The smallest absolute Gasteiger partial charge is 0.227 e. The Hall–Kier alpha value is -0.610. The van der Waals surface area contributed by atoms with Gasteiger partial charge in [0, 0.05) is 32.2 Å². The van der Waals surface area contributed by atoms with Crippen LogP contribution in [0.3, 0.4) is 0 Å². The first-order valence-corrected chi connectivity index (χ1v) is 7.47. The van der Waals surface area contributed by atoms with E-state index in [-0.39, 0.29) is 17.9 Å². The summed E-state index contributed by atoms with van der Waals surface area (Å²) in [4.78, 5) is 16.6. The first-order chi connectivity index (χ1) is 8.70. The molecule has 19 heavy (non-hydrogen) atoms. The Balaban J connectivity index is 2.35. The van der Waals surface area contributed by atoms with Crippen molar-refractivity contribution >= 4 is 5.91 Å². The van der Waals surface area contributed by atoms with Crippen LogP contribution in [0.4, 0.5) is 0 Å². The number of nitrogens with two attached hydrogens (primary N) is 1. The van der Waals surface area contributed by atoms with Crippen molar-refractivity contribution in [2.24, 2.45) is 17.1 Å². The van der Waals surface area contributed by atoms with Gasteiger partial charge >= 0.3 is 0 Å². The fourth-order valence-electron chi connectivity index (χ4n) is 2.20. The number of hydrogen-bond donors (Lipinski definition) is 1. The molecule has 112 valence electrons. The van der Waals surface area contributed by atoms with Gasteiger partial charge in [-0.25, -0.2) is 0 Å². The molecule has 1 aliphatic heterocycles. The van der Waals surface area contributed by atoms with E-state index >= 15 is 0 Å². The van der Waals surface area contributed by atoms with Gasteiger partial charge in [-0.2, -0.15) is 0 Å². The summed E-state index contributed by atoms with van der Waals surface area (Å²) in [5, 5.41) is 0. The first-order valence-electron chi connectivity index (χ1n) is 7.47. The molecule has 0 radical (unpaired) electrons. The molecule has 2 N–H and O–H groups in total. The van der Waals surface area contributed by atoms with E-state index in [2.05, 4.69) is 25.7 Å². The van der Waals surface area contributed by atoms with Crippen molar-refractivity contribution < 1.29 is 4.79 Å². The monoisotopic (exact) mass is 269 g/mol. The minimum atomic E-state index is -0.0684. The summed E-state index contributed by atoms with van der Waals surface area (Å²) in [5.74, 6) is 0.145. The van der Waals surface area contributed by atoms with Crippen molar-refractivity contribution in [1.29, 1.82) is 0 Å². The Morgan fingerprint density at radius 3 is 2.11 bits per heavy atom. The van der Waals surface area contributed by atoms with Crippen molar-refractivity contribution in [2.75, 3.05) is 32.7 Å². The lowest BCUT2D eigenvalue weighted by atomic mass is 9.92. The summed E-state index contributed by atoms with van der Waals surface area (Å²) in [6.45, 7) is 15.5. The minimum absolute atomic E-state index is 0.0635. The summed E-state index contributed by atoms with van der Waals surface area (Å²) in [6, 6.07) is -0.0635. The van der Waals surface area contributed by atoms with E-state index in [0.717, 1.165) is 32.7 Å². The third-order valence-electron chi connectivity index (χ3n) is 4.04. The number of nitrogens with zero attached hydrogens (tertiary/aromatic N) is 2. The summed E-state index contributed by atoms with van der Waals surface area (Å²) in [7, 11) is 0. The van der Waals surface area contributed by atoms with Crippen LogP contribution in [0.2, 0.25) is 0 Å². The first kappa shape index (κ1) is 16.4. The molecular weight excluding hydrogens is 238 g/mol. The molecule has 4 nitrogen and oxygen atoms in total. The molecule has 1 saturated heterocycles. The predicted octanol–water partition coefficient (Wildman–Crippen LogP) is 1.55. The Labute approximate surface area is 118 Å². The van der Waals surface area contributed by atoms with Crippen LogP contribution in [-0.2, 0) is 4.79 Å². The van der Waals surface area contributed by atoms with E-state index in [1.807, 2.05) is 18.7 Å². The van der Waals surface area contributed by atoms with E-state index in [4.69, 9.17) is 5.73 Å². The quantitative estimate of drug-likeness (QED) is 0.842. The molecule has 0 spiro atoms. The highest BCUT2D eigenvalue weighted by molar-refractivity contribution is 5.79. The lowest BCUT2D eigenvalue weighted by Crippen LogP contribution is -2.52. The van der Waals surface area contributed by atoms with Crippen LogP contribution >= 0.6 is 0 Å². The molecule has 0 aliphatic carbocycles. The summed E-state index contributed by atoms with van der Waals surface area (Å²) < 4.78 is 0. The average Bonchev–Trinajstić information content (AvgIpc) is 2.34. The summed E-state index contributed by atoms with van der Waals surface area (Å²) in [6.07, 6.45) is 1.21. The van der Waals surface area contributed by atoms with Gasteiger partial charge in [0.15, 0.2) is 0 Å². The molecule has 2 atom stereocenters. The number of rotatable bonds is 4. The highest BCUT2D eigenvalue weighted by Gasteiger charge is 2.26. The maximum Gasteiger partial charge on any atom is 0.227 e. The van der Waals surface area contributed by atoms with Crippen LogP contribution in [-0.4, -0.2) is 54.5 Å². The number of amides is 1. The Bertz CT molecular complexity index is 288. The van der Waals surface area contributed by atoms with Crippen molar-refractivity contribution in [3.8, 4) is 0 Å². The Morgan fingerprint density at radius 1 is 1.16 bits per heavy atom. The molecule has 1 rings (SSSR count). The van der Waals surface area contributed by atoms with Gasteiger partial charge in [0.05, 0.1) is 5.92 Å². The Kier molecular flexibility index (Phi) is 5.81. The zero-order chi connectivity index (χ0) is 14.6. The molecule has 0 saturated carbocycles. The van der Waals surface area contributed by atoms with Gasteiger partial charge < -0.3 is 10.6 Å². The van der Waals surface area contributed by atoms with Crippen molar-refractivity contribution in [2.45, 2.75) is 47.1 Å². The molecule has 1 aliphatic rings. The Morgan fingerprint density at radius 2 is 1.68 bits per heavy atom. The van der Waals surface area contributed by atoms with Gasteiger partial charge in [-0.1, -0.05) is 27.7 Å². The third kappa shape index (κ3) is 5.49. The van der Waals surface area contributed by atoms with E-state index in [1.165, 1.54) is 6.42 Å². The van der Waals surface area contributed by atoms with Crippen LogP contribution < -0.4 is 5.73 Å². The lowest BCUT2D eigenvalue weighted by Gasteiger charge is -2.37. The molecule has 0 aromatic heterocycles. The molecule has 4 heteroatoms. The van der Waals surface area contributed by atoms with Crippen LogP contribution in [0.1, 0.15) is 41.0 Å². The SMILES string of the molecule is CC(N)C(C)C(=O)N1CCN(CCC(C)(C)C)CC1. The maximum atomic E-state index is 12.2. The van der Waals surface area contributed by atoms with E-state index < -0.39 is 0 Å². The minimum Gasteiger partial charge on any atom is -0.340 e. The molecule has 2 unspecified atom stereocenters. The van der Waals surface area contributed by atoms with Gasteiger partial charge in [0.25, 0.3) is 0 Å². The van der Waals surface area contributed by atoms with Crippen LogP contribution in [0, 0.1) is 11.3 Å². The van der Waals surface area contributed by atoms with Crippen molar-refractivity contribution in [3.05, 3.63) is 0 Å². The number of carbonyl (C=O) groups is 1. The van der Waals surface area contributed by atoms with Crippen LogP contribution in [0.25, 0.3) is 0 Å². The standard InChI is InChI=1S/C15H31N3O/c1-12(13(2)16)14(19)18-10-8-17(9-11-18)7-6-15(3,4)5/h12-13H,6-11,16H2,1-5H3. The van der Waals surface area contributed by atoms with E-state index in [0.29, 0.717) is 5.41 Å². The van der Waals surface area contributed by atoms with Crippen molar-refractivity contribution in [1.82, 2.24) is 9.80 Å². The summed E-state index contributed by atoms with van der Waals surface area (Å²) >= 11 is 0. The predicted molar refractivity (Wildman–Crippen MR) is 79.9 cm³/mol. The lowest BCUT2D eigenvalue weighted by molar-refractivity contribution is -0.137. The van der Waals surface area contributed by atoms with Crippen molar-refractivity contribution in [3.63, 3.8) is 0 Å². The molecular formula is C15H31N3O. The van der Waals surface area contributed by atoms with Gasteiger partial charge in [-0.3, -0.25) is 9.69 Å². The number of piperazine rings is 1. The highest BCUT2D eigenvalue weighted by atomic mass is 16.2. The molecule has 0 aromatic rings. The fraction of sp³-hybridized carbons (Fsp3) is 0.933. The summed E-state index contributed by atoms with van der Waals surface area (Å²) in [5.41, 5.74) is 6.19. The molecule has 1 amide bonds. The largest absolute Gasteiger partial charge is 0.340 e. The van der Waals surface area contributed by atoms with Gasteiger partial charge in [0.2, 0.25) is 5.91 Å². The second kappa shape index (κ2) is 6.71. The fourth-order valence-corrected chi connectivity index (χ4v) is 2.20. The van der Waals surface area contributed by atoms with Gasteiger partial charge in [-0.05, 0) is 25.3 Å². The van der Waals surface area contributed by atoms with Crippen LogP contribution in [0.15, 0.2) is 0 Å². The zero-order valence-electron chi connectivity index (χ0n) is 13.3. The average molecular weight is 269 g/mol. The van der Waals surface area contributed by atoms with E-state index in [9.17, 15) is 4.79 Å². The van der Waals surface area contributed by atoms with E-state index in [1.54, 1.807) is 0 Å². The topological polar surface area (TPSA) is 49.6 Å². The molecule has 1 heterocycles. The normalized spacial score (nSPS) is 21.3. The molecule has 0 bridgehead atoms. The highest BCUT2D eigenvalue weighted by Crippen LogP contribution is 2.19. The number of carbonyl (C=O) groups excluding carboxylic acids is 1. The molecule has 0 aromatic carbocycles.